The van der Waals surface area contributed by atoms with E-state index in [2.05, 4.69) is 43.5 Å². The Kier molecular flexibility index (Phi) is 39.2. The van der Waals surface area contributed by atoms with Crippen LogP contribution in [0.5, 0.6) is 0 Å². The van der Waals surface area contributed by atoms with Crippen LogP contribution in [0.25, 0.3) is 0 Å². The van der Waals surface area contributed by atoms with Gasteiger partial charge >= 0.3 is 0 Å². The van der Waals surface area contributed by atoms with Crippen molar-refractivity contribution in [2.24, 2.45) is 0 Å². The van der Waals surface area contributed by atoms with Crippen molar-refractivity contribution in [3.05, 3.63) is 36.5 Å². The number of nitrogens with one attached hydrogen (secondary N) is 1. The number of carbonyl (C=O) groups is 1. The van der Waals surface area contributed by atoms with Gasteiger partial charge in [0.05, 0.1) is 31.3 Å². The van der Waals surface area contributed by atoms with Crippen LogP contribution in [0.3, 0.4) is 0 Å². The van der Waals surface area contributed by atoms with Crippen molar-refractivity contribution in [2.75, 3.05) is 6.61 Å². The van der Waals surface area contributed by atoms with Gasteiger partial charge in [-0.1, -0.05) is 211 Å². The van der Waals surface area contributed by atoms with Gasteiger partial charge in [0, 0.05) is 0 Å². The molecule has 3 unspecified atom stereocenters. The van der Waals surface area contributed by atoms with Crippen LogP contribution in [0.2, 0.25) is 0 Å². The van der Waals surface area contributed by atoms with Crippen LogP contribution < -0.4 is 5.32 Å². The highest BCUT2D eigenvalue weighted by molar-refractivity contribution is 5.76. The van der Waals surface area contributed by atoms with Crippen LogP contribution in [0.15, 0.2) is 36.5 Å². The van der Waals surface area contributed by atoms with E-state index >= 15 is 0 Å². The van der Waals surface area contributed by atoms with E-state index < -0.39 is 18.2 Å². The second-order valence-corrected chi connectivity index (χ2v) is 14.9. The van der Waals surface area contributed by atoms with Gasteiger partial charge in [-0.3, -0.25) is 4.79 Å². The van der Waals surface area contributed by atoms with Gasteiger partial charge in [-0.05, 0) is 38.5 Å². The molecule has 0 aliphatic rings. The maximum Gasteiger partial charge on any atom is 0.222 e. The fourth-order valence-electron chi connectivity index (χ4n) is 6.56. The summed E-state index contributed by atoms with van der Waals surface area (Å²) in [7, 11) is 0. The first-order valence-electron chi connectivity index (χ1n) is 21.8. The summed E-state index contributed by atoms with van der Waals surface area (Å²) in [6, 6.07) is -0.763. The zero-order valence-electron chi connectivity index (χ0n) is 33.3. The largest absolute Gasteiger partial charge is 0.394 e. The number of amides is 1. The Morgan fingerprint density at radius 1 is 0.500 bits per heavy atom. The number of aliphatic hydroxyl groups is 3. The Hall–Kier alpha value is -1.43. The van der Waals surface area contributed by atoms with Crippen molar-refractivity contribution >= 4 is 5.91 Å². The zero-order chi connectivity index (χ0) is 36.6. The smallest absolute Gasteiger partial charge is 0.222 e. The van der Waals surface area contributed by atoms with Gasteiger partial charge in [0.2, 0.25) is 5.91 Å². The van der Waals surface area contributed by atoms with Gasteiger partial charge < -0.3 is 20.6 Å². The van der Waals surface area contributed by atoms with Crippen molar-refractivity contribution < 1.29 is 20.1 Å². The molecule has 4 N–H and O–H groups in total. The van der Waals surface area contributed by atoms with Gasteiger partial charge in [-0.15, -0.1) is 0 Å². The van der Waals surface area contributed by atoms with E-state index in [1.54, 1.807) is 6.08 Å². The number of aliphatic hydroxyl groups excluding tert-OH is 3. The van der Waals surface area contributed by atoms with Crippen molar-refractivity contribution in [1.82, 2.24) is 5.32 Å². The summed E-state index contributed by atoms with van der Waals surface area (Å²) in [6.07, 6.45) is 50.2. The molecule has 0 spiro atoms. The van der Waals surface area contributed by atoms with Crippen molar-refractivity contribution in [3.8, 4) is 0 Å². The molecular weight excluding hydrogens is 618 g/mol. The monoisotopic (exact) mass is 704 g/mol. The summed E-state index contributed by atoms with van der Waals surface area (Å²) in [6.45, 7) is 4.12. The maximum atomic E-state index is 12.4. The molecule has 0 aromatic heterocycles. The molecule has 0 rings (SSSR count). The predicted molar refractivity (Wildman–Crippen MR) is 218 cm³/mol. The van der Waals surface area contributed by atoms with Crippen LogP contribution in [-0.4, -0.2) is 46.1 Å². The molecule has 0 fully saturated rings. The third-order valence-electron chi connectivity index (χ3n) is 9.89. The quantitative estimate of drug-likeness (QED) is 0.0379. The van der Waals surface area contributed by atoms with Gasteiger partial charge in [-0.25, -0.2) is 0 Å². The van der Waals surface area contributed by atoms with E-state index in [1.807, 2.05) is 6.08 Å². The molecule has 0 bridgehead atoms. The Morgan fingerprint density at radius 2 is 0.860 bits per heavy atom. The summed E-state index contributed by atoms with van der Waals surface area (Å²) in [5.41, 5.74) is 0. The standard InChI is InChI=1S/C45H85NO4/c1-3-5-7-9-11-13-15-16-17-18-19-20-21-22-23-24-25-26-27-29-30-32-34-36-38-42(48)40-45(50)46-43(41-47)44(49)39-37-35-33-31-28-14-12-10-8-6-4-2/h8,10,28,31,37,39,42-44,47-49H,3-7,9,11-27,29-30,32-36,38,40-41H2,1-2H3,(H,46,50)/b10-8+,31-28+,39-37+. The molecule has 5 heteroatoms. The number of unbranched alkanes of at least 4 members (excludes halogenated alkanes) is 26. The van der Waals surface area contributed by atoms with Crippen LogP contribution >= 0.6 is 0 Å². The van der Waals surface area contributed by atoms with Gasteiger partial charge in [-0.2, -0.15) is 0 Å². The van der Waals surface area contributed by atoms with E-state index in [1.165, 1.54) is 148 Å². The first-order valence-corrected chi connectivity index (χ1v) is 21.8. The minimum atomic E-state index is -0.956. The minimum Gasteiger partial charge on any atom is -0.394 e. The van der Waals surface area contributed by atoms with E-state index in [0.29, 0.717) is 6.42 Å². The lowest BCUT2D eigenvalue weighted by molar-refractivity contribution is -0.124. The Balaban J connectivity index is 3.59. The third kappa shape index (κ3) is 36.4. The van der Waals surface area contributed by atoms with Crippen LogP contribution in [0, 0.1) is 0 Å². The van der Waals surface area contributed by atoms with Crippen molar-refractivity contribution in [3.63, 3.8) is 0 Å². The molecule has 0 aliphatic carbocycles. The third-order valence-corrected chi connectivity index (χ3v) is 9.89. The Bertz CT molecular complexity index is 779. The molecule has 3 atom stereocenters. The lowest BCUT2D eigenvalue weighted by Crippen LogP contribution is -2.45. The summed E-state index contributed by atoms with van der Waals surface area (Å²) in [4.78, 5) is 12.4. The number of allylic oxidation sites excluding steroid dienone is 5. The van der Waals surface area contributed by atoms with E-state index in [4.69, 9.17) is 0 Å². The van der Waals surface area contributed by atoms with Crippen molar-refractivity contribution in [2.45, 2.75) is 238 Å². The highest BCUT2D eigenvalue weighted by Gasteiger charge is 2.20. The summed E-state index contributed by atoms with van der Waals surface area (Å²) in [5, 5.41) is 33.1. The predicted octanol–water partition coefficient (Wildman–Crippen LogP) is 12.4. The van der Waals surface area contributed by atoms with E-state index in [9.17, 15) is 20.1 Å². The molecule has 294 valence electrons. The van der Waals surface area contributed by atoms with Gasteiger partial charge in [0.25, 0.3) is 0 Å². The average molecular weight is 704 g/mol. The SMILES string of the molecule is CCC/C=C/CC/C=C/CC/C=C/C(O)C(CO)NC(=O)CC(O)CCCCCCCCCCCCCCCCCCCCCCCCCC. The average Bonchev–Trinajstić information content (AvgIpc) is 3.11. The van der Waals surface area contributed by atoms with Gasteiger partial charge in [0.15, 0.2) is 0 Å². The van der Waals surface area contributed by atoms with Crippen LogP contribution in [0.1, 0.15) is 219 Å². The zero-order valence-corrected chi connectivity index (χ0v) is 33.3. The summed E-state index contributed by atoms with van der Waals surface area (Å²) in [5.74, 6) is -0.329. The van der Waals surface area contributed by atoms with Gasteiger partial charge in [0.1, 0.15) is 0 Å². The lowest BCUT2D eigenvalue weighted by atomic mass is 10.0. The molecule has 0 aromatic rings. The Labute approximate surface area is 311 Å². The minimum absolute atomic E-state index is 0.00468. The topological polar surface area (TPSA) is 89.8 Å². The van der Waals surface area contributed by atoms with E-state index in [-0.39, 0.29) is 18.9 Å². The molecule has 50 heavy (non-hydrogen) atoms. The molecule has 5 nitrogen and oxygen atoms in total. The molecule has 1 amide bonds. The first kappa shape index (κ1) is 48.6. The molecule has 0 aliphatic heterocycles. The second-order valence-electron chi connectivity index (χ2n) is 14.9. The second kappa shape index (κ2) is 40.3. The highest BCUT2D eigenvalue weighted by atomic mass is 16.3. The molecular formula is C45H85NO4. The maximum absolute atomic E-state index is 12.4. The number of hydrogen-bond donors (Lipinski definition) is 4. The lowest BCUT2D eigenvalue weighted by Gasteiger charge is -2.21. The van der Waals surface area contributed by atoms with E-state index in [0.717, 1.165) is 44.9 Å². The normalized spacial score (nSPS) is 13.9. The first-order chi connectivity index (χ1) is 24.5. The molecule has 0 aromatic carbocycles. The number of carbonyl (C=O) groups excluding carboxylic acids is 1. The highest BCUT2D eigenvalue weighted by Crippen LogP contribution is 2.16. The molecule has 0 saturated heterocycles. The fourth-order valence-corrected chi connectivity index (χ4v) is 6.56. The van der Waals surface area contributed by atoms with Crippen LogP contribution in [0.4, 0.5) is 0 Å². The molecule has 0 radical (unpaired) electrons. The summed E-state index contributed by atoms with van der Waals surface area (Å²) >= 11 is 0. The number of rotatable bonds is 39. The fraction of sp³-hybridized carbons (Fsp3) is 0.844. The molecule has 0 heterocycles. The van der Waals surface area contributed by atoms with Crippen LogP contribution in [-0.2, 0) is 4.79 Å². The van der Waals surface area contributed by atoms with Crippen molar-refractivity contribution in [1.29, 1.82) is 0 Å². The summed E-state index contributed by atoms with van der Waals surface area (Å²) < 4.78 is 0. The Morgan fingerprint density at radius 3 is 1.24 bits per heavy atom. The molecule has 0 saturated carbocycles. The number of hydrogen-bond acceptors (Lipinski definition) is 4.